The van der Waals surface area contributed by atoms with Crippen molar-refractivity contribution in [3.63, 3.8) is 0 Å². The zero-order valence-corrected chi connectivity index (χ0v) is 8.07. The van der Waals surface area contributed by atoms with Crippen molar-refractivity contribution in [1.82, 2.24) is 0 Å². The number of aryl methyl sites for hydroxylation is 1. The van der Waals surface area contributed by atoms with Gasteiger partial charge in [-0.05, 0) is 25.0 Å². The monoisotopic (exact) mass is 179 g/mol. The molecule has 1 aliphatic rings. The van der Waals surface area contributed by atoms with E-state index >= 15 is 0 Å². The van der Waals surface area contributed by atoms with Gasteiger partial charge in [-0.25, -0.2) is 0 Å². The van der Waals surface area contributed by atoms with Crippen LogP contribution < -0.4 is 5.32 Å². The van der Waals surface area contributed by atoms with Gasteiger partial charge in [-0.3, -0.25) is 0 Å². The highest BCUT2D eigenvalue weighted by molar-refractivity contribution is 7.80. The van der Waals surface area contributed by atoms with Crippen molar-refractivity contribution >= 4 is 18.3 Å². The predicted octanol–water partition coefficient (Wildman–Crippen LogP) is 2.78. The third-order valence-corrected chi connectivity index (χ3v) is 2.84. The summed E-state index contributed by atoms with van der Waals surface area (Å²) >= 11 is 4.55. The minimum atomic E-state index is 0.418. The Morgan fingerprint density at radius 2 is 2.33 bits per heavy atom. The summed E-state index contributed by atoms with van der Waals surface area (Å²) in [5.41, 5.74) is 3.92. The van der Waals surface area contributed by atoms with Crippen LogP contribution in [0.15, 0.2) is 18.2 Å². The Labute approximate surface area is 78.6 Å². The Morgan fingerprint density at radius 1 is 1.50 bits per heavy atom. The molecule has 2 heteroatoms. The first-order valence-corrected chi connectivity index (χ1v) is 4.81. The van der Waals surface area contributed by atoms with Gasteiger partial charge < -0.3 is 5.32 Å². The highest BCUT2D eigenvalue weighted by Crippen LogP contribution is 2.34. The molecule has 0 aromatic heterocycles. The summed E-state index contributed by atoms with van der Waals surface area (Å²) in [6.45, 7) is 3.17. The molecule has 0 fully saturated rings. The molecule has 1 heterocycles. The lowest BCUT2D eigenvalue weighted by atomic mass is 10.0. The Kier molecular flexibility index (Phi) is 2.01. The maximum atomic E-state index is 4.55. The van der Waals surface area contributed by atoms with Crippen LogP contribution >= 0.6 is 12.6 Å². The van der Waals surface area contributed by atoms with Crippen molar-refractivity contribution in [3.8, 4) is 0 Å². The minimum absolute atomic E-state index is 0.418. The maximum Gasteiger partial charge on any atom is 0.0384 e. The van der Waals surface area contributed by atoms with E-state index in [0.29, 0.717) is 5.25 Å². The molecule has 0 radical (unpaired) electrons. The average Bonchev–Trinajstić information content (AvgIpc) is 2.07. The van der Waals surface area contributed by atoms with Crippen LogP contribution in [0.5, 0.6) is 0 Å². The molecule has 0 bridgehead atoms. The first-order chi connectivity index (χ1) is 5.77. The molecule has 1 atom stereocenters. The normalized spacial score (nSPS) is 21.3. The number of benzene rings is 1. The molecular weight excluding hydrogens is 166 g/mol. The molecule has 0 saturated heterocycles. The van der Waals surface area contributed by atoms with Gasteiger partial charge in [0.25, 0.3) is 0 Å². The lowest BCUT2D eigenvalue weighted by molar-refractivity contribution is 0.815. The molecule has 0 aliphatic carbocycles. The van der Waals surface area contributed by atoms with Crippen molar-refractivity contribution < 1.29 is 0 Å². The number of rotatable bonds is 0. The molecule has 64 valence electrons. The summed E-state index contributed by atoms with van der Waals surface area (Å²) in [4.78, 5) is 0. The van der Waals surface area contributed by atoms with E-state index in [2.05, 4.69) is 43.1 Å². The highest BCUT2D eigenvalue weighted by Gasteiger charge is 2.15. The van der Waals surface area contributed by atoms with Crippen molar-refractivity contribution in [2.45, 2.75) is 18.6 Å². The third-order valence-electron chi connectivity index (χ3n) is 2.30. The SMILES string of the molecule is Cc1ccc2c(c1)C(S)CCN2. The van der Waals surface area contributed by atoms with Crippen molar-refractivity contribution in [1.29, 1.82) is 0 Å². The topological polar surface area (TPSA) is 12.0 Å². The van der Waals surface area contributed by atoms with Crippen LogP contribution in [0, 0.1) is 6.92 Å². The van der Waals surface area contributed by atoms with E-state index < -0.39 is 0 Å². The van der Waals surface area contributed by atoms with Crippen LogP contribution in [-0.2, 0) is 0 Å². The maximum absolute atomic E-state index is 4.55. The van der Waals surface area contributed by atoms with Crippen LogP contribution in [0.25, 0.3) is 0 Å². The number of nitrogens with one attached hydrogen (secondary N) is 1. The van der Waals surface area contributed by atoms with E-state index in [0.717, 1.165) is 13.0 Å². The standard InChI is InChI=1S/C10H13NS/c1-7-2-3-9-8(6-7)10(12)4-5-11-9/h2-3,6,10-12H,4-5H2,1H3. The second-order valence-electron chi connectivity index (χ2n) is 3.32. The molecular formula is C10H13NS. The summed E-state index contributed by atoms with van der Waals surface area (Å²) in [5, 5.41) is 3.79. The quantitative estimate of drug-likeness (QED) is 0.584. The molecule has 1 nitrogen and oxygen atoms in total. The van der Waals surface area contributed by atoms with Gasteiger partial charge in [-0.1, -0.05) is 17.7 Å². The van der Waals surface area contributed by atoms with Gasteiger partial charge in [-0.15, -0.1) is 0 Å². The van der Waals surface area contributed by atoms with Gasteiger partial charge in [0.05, 0.1) is 0 Å². The molecule has 1 aromatic carbocycles. The summed E-state index contributed by atoms with van der Waals surface area (Å²) < 4.78 is 0. The van der Waals surface area contributed by atoms with Gasteiger partial charge in [0.2, 0.25) is 0 Å². The molecule has 0 amide bonds. The van der Waals surface area contributed by atoms with Crippen LogP contribution in [-0.4, -0.2) is 6.54 Å². The number of fused-ring (bicyclic) bond motifs is 1. The van der Waals surface area contributed by atoms with E-state index in [-0.39, 0.29) is 0 Å². The Balaban J connectivity index is 2.47. The van der Waals surface area contributed by atoms with Crippen LogP contribution in [0.3, 0.4) is 0 Å². The van der Waals surface area contributed by atoms with E-state index in [1.165, 1.54) is 16.8 Å². The third kappa shape index (κ3) is 1.31. The molecule has 2 rings (SSSR count). The van der Waals surface area contributed by atoms with E-state index in [9.17, 15) is 0 Å². The second-order valence-corrected chi connectivity index (χ2v) is 3.95. The van der Waals surface area contributed by atoms with Crippen LogP contribution in [0.1, 0.15) is 22.8 Å². The highest BCUT2D eigenvalue weighted by atomic mass is 32.1. The molecule has 0 saturated carbocycles. The fourth-order valence-corrected chi connectivity index (χ4v) is 1.96. The lowest BCUT2D eigenvalue weighted by Crippen LogP contribution is -2.13. The second kappa shape index (κ2) is 3.02. The predicted molar refractivity (Wildman–Crippen MR) is 56.0 cm³/mol. The zero-order valence-electron chi connectivity index (χ0n) is 7.17. The smallest absolute Gasteiger partial charge is 0.0384 e. The number of thiol groups is 1. The van der Waals surface area contributed by atoms with Gasteiger partial charge in [0.15, 0.2) is 0 Å². The Bertz CT molecular complexity index is 296. The van der Waals surface area contributed by atoms with Crippen molar-refractivity contribution in [2.75, 3.05) is 11.9 Å². The van der Waals surface area contributed by atoms with Crippen molar-refractivity contribution in [2.24, 2.45) is 0 Å². The summed E-state index contributed by atoms with van der Waals surface area (Å²) in [5.74, 6) is 0. The van der Waals surface area contributed by atoms with Crippen molar-refractivity contribution in [3.05, 3.63) is 29.3 Å². The molecule has 0 spiro atoms. The number of hydrogen-bond donors (Lipinski definition) is 2. The molecule has 12 heavy (non-hydrogen) atoms. The van der Waals surface area contributed by atoms with E-state index in [4.69, 9.17) is 0 Å². The zero-order chi connectivity index (χ0) is 8.55. The van der Waals surface area contributed by atoms with Gasteiger partial charge in [-0.2, -0.15) is 12.6 Å². The number of hydrogen-bond acceptors (Lipinski definition) is 2. The summed E-state index contributed by atoms with van der Waals surface area (Å²) in [6, 6.07) is 6.50. The fraction of sp³-hybridized carbons (Fsp3) is 0.400. The minimum Gasteiger partial charge on any atom is -0.385 e. The molecule has 1 aliphatic heterocycles. The van der Waals surface area contributed by atoms with Gasteiger partial charge >= 0.3 is 0 Å². The Hall–Kier alpha value is -0.630. The van der Waals surface area contributed by atoms with Crippen LogP contribution in [0.4, 0.5) is 5.69 Å². The summed E-state index contributed by atoms with van der Waals surface area (Å²) in [7, 11) is 0. The van der Waals surface area contributed by atoms with E-state index in [1.54, 1.807) is 0 Å². The fourth-order valence-electron chi connectivity index (χ4n) is 1.62. The first-order valence-electron chi connectivity index (χ1n) is 4.30. The van der Waals surface area contributed by atoms with Crippen LogP contribution in [0.2, 0.25) is 0 Å². The first kappa shape index (κ1) is 7.99. The molecule has 1 aromatic rings. The largest absolute Gasteiger partial charge is 0.385 e. The summed E-state index contributed by atoms with van der Waals surface area (Å²) in [6.07, 6.45) is 1.12. The van der Waals surface area contributed by atoms with Gasteiger partial charge in [0.1, 0.15) is 0 Å². The molecule has 1 N–H and O–H groups in total. The Morgan fingerprint density at radius 3 is 3.17 bits per heavy atom. The van der Waals surface area contributed by atoms with Gasteiger partial charge in [0, 0.05) is 17.5 Å². The lowest BCUT2D eigenvalue weighted by Gasteiger charge is -2.23. The average molecular weight is 179 g/mol. The molecule has 1 unspecified atom stereocenters. The van der Waals surface area contributed by atoms with E-state index in [1.807, 2.05) is 0 Å². The number of anilines is 1.